The third-order valence-electron chi connectivity index (χ3n) is 5.31. The zero-order chi connectivity index (χ0) is 23.9. The number of aliphatic carboxylic acids is 2. The molecule has 11 nitrogen and oxygen atoms in total. The predicted molar refractivity (Wildman–Crippen MR) is 111 cm³/mol. The van der Waals surface area contributed by atoms with Crippen LogP contribution >= 0.6 is 0 Å². The minimum Gasteiger partial charge on any atom is -0.481 e. The van der Waals surface area contributed by atoms with E-state index in [4.69, 9.17) is 10.8 Å². The molecule has 0 aliphatic carbocycles. The van der Waals surface area contributed by atoms with Crippen LogP contribution in [0.25, 0.3) is 0 Å². The lowest BCUT2D eigenvalue weighted by Gasteiger charge is -2.31. The van der Waals surface area contributed by atoms with E-state index < -0.39 is 53.8 Å². The highest BCUT2D eigenvalue weighted by molar-refractivity contribution is 5.94. The molecule has 1 aliphatic heterocycles. The predicted octanol–water partition coefficient (Wildman–Crippen LogP) is -0.464. The standard InChI is InChI=1S/C20H34N4O7/c1-10(2)15(22-17(27)12(21)7-8-14(25)26)19(29)24-9-5-6-13(24)18(28)23-16(11(3)4)20(30)31/h10-13,15-16H,5-9,21H2,1-4H3,(H,22,27)(H,23,28)(H,25,26)(H,30,31). The van der Waals surface area contributed by atoms with Crippen molar-refractivity contribution in [3.05, 3.63) is 0 Å². The highest BCUT2D eigenvalue weighted by Crippen LogP contribution is 2.21. The molecule has 1 saturated heterocycles. The number of hydrogen-bond acceptors (Lipinski definition) is 6. The van der Waals surface area contributed by atoms with Gasteiger partial charge in [-0.1, -0.05) is 27.7 Å². The van der Waals surface area contributed by atoms with Gasteiger partial charge in [0.1, 0.15) is 18.1 Å². The molecule has 3 amide bonds. The monoisotopic (exact) mass is 442 g/mol. The van der Waals surface area contributed by atoms with Crippen LogP contribution < -0.4 is 16.4 Å². The molecule has 11 heteroatoms. The maximum Gasteiger partial charge on any atom is 0.326 e. The summed E-state index contributed by atoms with van der Waals surface area (Å²) in [5, 5.41) is 23.1. The van der Waals surface area contributed by atoms with Crippen LogP contribution in [0.3, 0.4) is 0 Å². The van der Waals surface area contributed by atoms with Crippen LogP contribution in [0.1, 0.15) is 53.4 Å². The van der Waals surface area contributed by atoms with Crippen molar-refractivity contribution in [1.29, 1.82) is 0 Å². The number of carboxylic acids is 2. The number of nitrogens with two attached hydrogens (primary N) is 1. The Labute approximate surface area is 181 Å². The fourth-order valence-electron chi connectivity index (χ4n) is 3.43. The molecule has 1 rings (SSSR count). The van der Waals surface area contributed by atoms with E-state index in [-0.39, 0.29) is 24.7 Å². The van der Waals surface area contributed by atoms with Crippen molar-refractivity contribution in [2.24, 2.45) is 17.6 Å². The van der Waals surface area contributed by atoms with Crippen LogP contribution in [-0.4, -0.2) is 75.5 Å². The first-order valence-corrected chi connectivity index (χ1v) is 10.5. The molecule has 1 aliphatic rings. The van der Waals surface area contributed by atoms with Crippen molar-refractivity contribution in [3.63, 3.8) is 0 Å². The molecule has 0 aromatic carbocycles. The number of likely N-dealkylation sites (tertiary alicyclic amines) is 1. The Morgan fingerprint density at radius 1 is 1.00 bits per heavy atom. The van der Waals surface area contributed by atoms with Crippen molar-refractivity contribution in [2.45, 2.75) is 77.5 Å². The van der Waals surface area contributed by atoms with Crippen LogP contribution in [-0.2, 0) is 24.0 Å². The van der Waals surface area contributed by atoms with Gasteiger partial charge in [0.25, 0.3) is 0 Å². The summed E-state index contributed by atoms with van der Waals surface area (Å²) in [6.07, 6.45) is 0.615. The van der Waals surface area contributed by atoms with Gasteiger partial charge in [0, 0.05) is 13.0 Å². The maximum atomic E-state index is 13.2. The first-order chi connectivity index (χ1) is 14.4. The van der Waals surface area contributed by atoms with Gasteiger partial charge in [-0.2, -0.15) is 0 Å². The number of carbonyl (C=O) groups excluding carboxylic acids is 3. The fraction of sp³-hybridized carbons (Fsp3) is 0.750. The molecule has 0 bridgehead atoms. The van der Waals surface area contributed by atoms with E-state index >= 15 is 0 Å². The lowest BCUT2D eigenvalue weighted by atomic mass is 10.0. The van der Waals surface area contributed by atoms with E-state index in [9.17, 15) is 29.1 Å². The van der Waals surface area contributed by atoms with Crippen molar-refractivity contribution >= 4 is 29.7 Å². The minimum absolute atomic E-state index is 0.0688. The number of carbonyl (C=O) groups is 5. The second-order valence-electron chi connectivity index (χ2n) is 8.53. The molecule has 0 aromatic rings. The molecule has 176 valence electrons. The number of amides is 3. The van der Waals surface area contributed by atoms with Crippen LogP contribution in [0.2, 0.25) is 0 Å². The third kappa shape index (κ3) is 7.50. The van der Waals surface area contributed by atoms with Gasteiger partial charge in [0.05, 0.1) is 6.04 Å². The van der Waals surface area contributed by atoms with Crippen LogP contribution in [0, 0.1) is 11.8 Å². The van der Waals surface area contributed by atoms with Gasteiger partial charge in [-0.3, -0.25) is 19.2 Å². The first kappa shape index (κ1) is 26.3. The number of nitrogens with one attached hydrogen (secondary N) is 2. The molecular weight excluding hydrogens is 408 g/mol. The molecule has 1 fully saturated rings. The normalized spacial score (nSPS) is 19.1. The Morgan fingerprint density at radius 2 is 1.58 bits per heavy atom. The van der Waals surface area contributed by atoms with Gasteiger partial charge in [-0.05, 0) is 31.1 Å². The summed E-state index contributed by atoms with van der Waals surface area (Å²) in [5.74, 6) is -4.51. The summed E-state index contributed by atoms with van der Waals surface area (Å²) in [6, 6.07) is -3.92. The summed E-state index contributed by atoms with van der Waals surface area (Å²) in [5.41, 5.74) is 5.73. The zero-order valence-electron chi connectivity index (χ0n) is 18.5. The van der Waals surface area contributed by atoms with E-state index in [1.54, 1.807) is 27.7 Å². The average Bonchev–Trinajstić information content (AvgIpc) is 3.16. The third-order valence-corrected chi connectivity index (χ3v) is 5.31. The summed E-state index contributed by atoms with van der Waals surface area (Å²) in [7, 11) is 0. The second-order valence-corrected chi connectivity index (χ2v) is 8.53. The van der Waals surface area contributed by atoms with Gasteiger partial charge < -0.3 is 31.5 Å². The quantitative estimate of drug-likeness (QED) is 0.285. The molecule has 0 spiro atoms. The Balaban J connectivity index is 2.89. The Kier molecular flexibility index (Phi) is 9.89. The van der Waals surface area contributed by atoms with Gasteiger partial charge >= 0.3 is 11.9 Å². The smallest absolute Gasteiger partial charge is 0.326 e. The van der Waals surface area contributed by atoms with Crippen molar-refractivity contribution < 1.29 is 34.2 Å². The summed E-state index contributed by atoms with van der Waals surface area (Å²) in [6.45, 7) is 7.12. The second kappa shape index (κ2) is 11.6. The SMILES string of the molecule is CC(C)C(NC(=O)C1CCCN1C(=O)C(NC(=O)C(N)CCC(=O)O)C(C)C)C(=O)O. The summed E-state index contributed by atoms with van der Waals surface area (Å²) >= 11 is 0. The number of carboxylic acid groups (broad SMARTS) is 2. The van der Waals surface area contributed by atoms with E-state index in [1.165, 1.54) is 4.90 Å². The zero-order valence-corrected chi connectivity index (χ0v) is 18.5. The van der Waals surface area contributed by atoms with Crippen molar-refractivity contribution in [1.82, 2.24) is 15.5 Å². The lowest BCUT2D eigenvalue weighted by molar-refractivity contribution is -0.146. The highest BCUT2D eigenvalue weighted by atomic mass is 16.4. The Morgan fingerprint density at radius 3 is 2.06 bits per heavy atom. The van der Waals surface area contributed by atoms with Crippen LogP contribution in [0.5, 0.6) is 0 Å². The molecule has 0 saturated carbocycles. The molecule has 31 heavy (non-hydrogen) atoms. The van der Waals surface area contributed by atoms with E-state index in [2.05, 4.69) is 10.6 Å². The summed E-state index contributed by atoms with van der Waals surface area (Å²) < 4.78 is 0. The fourth-order valence-corrected chi connectivity index (χ4v) is 3.43. The molecule has 6 N–H and O–H groups in total. The van der Waals surface area contributed by atoms with E-state index in [1.807, 2.05) is 0 Å². The Hall–Kier alpha value is -2.69. The van der Waals surface area contributed by atoms with E-state index in [0.717, 1.165) is 0 Å². The topological polar surface area (TPSA) is 179 Å². The van der Waals surface area contributed by atoms with Gasteiger partial charge in [-0.15, -0.1) is 0 Å². The van der Waals surface area contributed by atoms with Crippen molar-refractivity contribution in [3.8, 4) is 0 Å². The molecule has 0 aromatic heterocycles. The number of rotatable bonds is 11. The van der Waals surface area contributed by atoms with Crippen molar-refractivity contribution in [2.75, 3.05) is 6.54 Å². The highest BCUT2D eigenvalue weighted by Gasteiger charge is 2.40. The number of nitrogens with zero attached hydrogens (tertiary/aromatic N) is 1. The molecule has 0 radical (unpaired) electrons. The Bertz CT molecular complexity index is 695. The van der Waals surface area contributed by atoms with Gasteiger partial charge in [0.15, 0.2) is 0 Å². The first-order valence-electron chi connectivity index (χ1n) is 10.5. The van der Waals surface area contributed by atoms with Crippen LogP contribution in [0.4, 0.5) is 0 Å². The maximum absolute atomic E-state index is 13.2. The average molecular weight is 443 g/mol. The lowest BCUT2D eigenvalue weighted by Crippen LogP contribution is -2.58. The van der Waals surface area contributed by atoms with Crippen LogP contribution in [0.15, 0.2) is 0 Å². The number of hydrogen-bond donors (Lipinski definition) is 5. The molecule has 4 atom stereocenters. The largest absolute Gasteiger partial charge is 0.481 e. The molecular formula is C20H34N4O7. The minimum atomic E-state index is -1.15. The van der Waals surface area contributed by atoms with E-state index in [0.29, 0.717) is 19.4 Å². The molecule has 1 heterocycles. The summed E-state index contributed by atoms with van der Waals surface area (Å²) in [4.78, 5) is 61.7. The van der Waals surface area contributed by atoms with Gasteiger partial charge in [-0.25, -0.2) is 4.79 Å². The van der Waals surface area contributed by atoms with Gasteiger partial charge in [0.2, 0.25) is 17.7 Å². The molecule has 4 unspecified atom stereocenters.